The van der Waals surface area contributed by atoms with Crippen LogP contribution >= 0.6 is 0 Å². The molecule has 32 heavy (non-hydrogen) atoms. The molecule has 4 heterocycles. The van der Waals surface area contributed by atoms with E-state index in [1.54, 1.807) is 18.3 Å². The summed E-state index contributed by atoms with van der Waals surface area (Å²) < 4.78 is 13.1. The molecule has 0 unspecified atom stereocenters. The summed E-state index contributed by atoms with van der Waals surface area (Å²) in [5.74, 6) is 2.03. The van der Waals surface area contributed by atoms with Crippen LogP contribution in [0.3, 0.4) is 0 Å². The van der Waals surface area contributed by atoms with Crippen LogP contribution in [0.5, 0.6) is 5.75 Å². The van der Waals surface area contributed by atoms with E-state index in [9.17, 15) is 4.79 Å². The molecule has 0 saturated carbocycles. The average molecular weight is 435 g/mol. The van der Waals surface area contributed by atoms with Crippen molar-refractivity contribution in [3.8, 4) is 17.3 Å². The number of aromatic nitrogens is 4. The lowest BCUT2D eigenvalue weighted by molar-refractivity contribution is 0.0996. The standard InChI is InChI=1S/C23H26N6O3/c1-15(2)29-14-24-26-22(29)18-5-4-6-21(25-18)28-13-16-11-20-19(12-17(16)23(28)30)27(7-9-31-3)8-10-32-20/h4-6,11-12,14-15H,7-10,13H2,1-3H3. The third-order valence-corrected chi connectivity index (χ3v) is 5.88. The predicted molar refractivity (Wildman–Crippen MR) is 120 cm³/mol. The zero-order chi connectivity index (χ0) is 22.2. The van der Waals surface area contributed by atoms with Crippen LogP contribution in [0.4, 0.5) is 11.5 Å². The van der Waals surface area contributed by atoms with E-state index < -0.39 is 0 Å². The molecule has 2 aliphatic rings. The average Bonchev–Trinajstić information content (AvgIpc) is 3.42. The van der Waals surface area contributed by atoms with Gasteiger partial charge in [-0.3, -0.25) is 9.69 Å². The van der Waals surface area contributed by atoms with E-state index in [2.05, 4.69) is 28.9 Å². The largest absolute Gasteiger partial charge is 0.490 e. The van der Waals surface area contributed by atoms with Gasteiger partial charge < -0.3 is 18.9 Å². The molecule has 0 spiro atoms. The van der Waals surface area contributed by atoms with Crippen LogP contribution in [0, 0.1) is 0 Å². The van der Waals surface area contributed by atoms with Crippen LogP contribution < -0.4 is 14.5 Å². The van der Waals surface area contributed by atoms with Gasteiger partial charge in [-0.2, -0.15) is 0 Å². The van der Waals surface area contributed by atoms with Gasteiger partial charge in [0.05, 0.1) is 25.4 Å². The summed E-state index contributed by atoms with van der Waals surface area (Å²) in [5, 5.41) is 8.27. The topological polar surface area (TPSA) is 85.6 Å². The van der Waals surface area contributed by atoms with E-state index in [0.717, 1.165) is 30.1 Å². The van der Waals surface area contributed by atoms with Crippen LogP contribution in [-0.4, -0.2) is 59.1 Å². The van der Waals surface area contributed by atoms with Crippen LogP contribution in [0.1, 0.15) is 35.8 Å². The van der Waals surface area contributed by atoms with E-state index >= 15 is 0 Å². The Labute approximate surface area is 186 Å². The number of hydrogen-bond acceptors (Lipinski definition) is 7. The molecular weight excluding hydrogens is 408 g/mol. The maximum absolute atomic E-state index is 13.3. The molecule has 166 valence electrons. The number of anilines is 2. The number of rotatable bonds is 6. The first kappa shape index (κ1) is 20.4. The molecule has 0 atom stereocenters. The van der Waals surface area contributed by atoms with Crippen molar-refractivity contribution in [2.45, 2.75) is 26.4 Å². The van der Waals surface area contributed by atoms with E-state index in [1.165, 1.54) is 0 Å². The van der Waals surface area contributed by atoms with Crippen molar-refractivity contribution in [3.63, 3.8) is 0 Å². The molecule has 2 aromatic heterocycles. The third kappa shape index (κ3) is 3.48. The Hall–Kier alpha value is -3.46. The molecule has 5 rings (SSSR count). The van der Waals surface area contributed by atoms with Crippen molar-refractivity contribution >= 4 is 17.4 Å². The summed E-state index contributed by atoms with van der Waals surface area (Å²) >= 11 is 0. The molecule has 0 N–H and O–H groups in total. The Morgan fingerprint density at radius 1 is 1.25 bits per heavy atom. The Kier molecular flexibility index (Phi) is 5.26. The molecule has 3 aromatic rings. The number of methoxy groups -OCH3 is 1. The van der Waals surface area contributed by atoms with Crippen molar-refractivity contribution in [1.82, 2.24) is 19.7 Å². The number of pyridine rings is 1. The second kappa shape index (κ2) is 8.23. The van der Waals surface area contributed by atoms with Crippen molar-refractivity contribution < 1.29 is 14.3 Å². The minimum absolute atomic E-state index is 0.0601. The molecule has 0 fully saturated rings. The second-order valence-electron chi connectivity index (χ2n) is 8.23. The molecule has 9 heteroatoms. The van der Waals surface area contributed by atoms with Gasteiger partial charge >= 0.3 is 0 Å². The first-order valence-electron chi connectivity index (χ1n) is 10.8. The summed E-state index contributed by atoms with van der Waals surface area (Å²) in [5.41, 5.74) is 3.26. The molecule has 1 amide bonds. The van der Waals surface area contributed by atoms with Crippen molar-refractivity contribution in [1.29, 1.82) is 0 Å². The summed E-state index contributed by atoms with van der Waals surface area (Å²) in [7, 11) is 1.69. The lowest BCUT2D eigenvalue weighted by Crippen LogP contribution is -2.35. The van der Waals surface area contributed by atoms with Gasteiger partial charge in [0, 0.05) is 25.3 Å². The monoisotopic (exact) mass is 434 g/mol. The molecule has 0 aliphatic carbocycles. The van der Waals surface area contributed by atoms with Gasteiger partial charge in [-0.05, 0) is 43.7 Å². The normalized spacial score (nSPS) is 15.2. The second-order valence-corrected chi connectivity index (χ2v) is 8.23. The molecule has 2 aliphatic heterocycles. The predicted octanol–water partition coefficient (Wildman–Crippen LogP) is 2.93. The van der Waals surface area contributed by atoms with E-state index in [4.69, 9.17) is 14.5 Å². The molecule has 0 radical (unpaired) electrons. The van der Waals surface area contributed by atoms with Crippen LogP contribution in [0.2, 0.25) is 0 Å². The highest BCUT2D eigenvalue weighted by Crippen LogP contribution is 2.38. The zero-order valence-corrected chi connectivity index (χ0v) is 18.5. The Bertz CT molecular complexity index is 1160. The molecule has 0 saturated heterocycles. The number of carbonyl (C=O) groups excluding carboxylic acids is 1. The number of carbonyl (C=O) groups is 1. The van der Waals surface area contributed by atoms with Gasteiger partial charge in [-0.25, -0.2) is 4.98 Å². The lowest BCUT2D eigenvalue weighted by Gasteiger charge is -2.31. The van der Waals surface area contributed by atoms with Gasteiger partial charge in [0.2, 0.25) is 0 Å². The van der Waals surface area contributed by atoms with E-state index in [-0.39, 0.29) is 11.9 Å². The number of hydrogen-bond donors (Lipinski definition) is 0. The van der Waals surface area contributed by atoms with Gasteiger partial charge in [0.25, 0.3) is 5.91 Å². The maximum Gasteiger partial charge on any atom is 0.260 e. The molecule has 9 nitrogen and oxygen atoms in total. The number of amides is 1. The lowest BCUT2D eigenvalue weighted by atomic mass is 10.1. The number of fused-ring (bicyclic) bond motifs is 2. The smallest absolute Gasteiger partial charge is 0.260 e. The highest BCUT2D eigenvalue weighted by Gasteiger charge is 2.33. The van der Waals surface area contributed by atoms with Crippen molar-refractivity contribution in [2.75, 3.05) is 43.2 Å². The van der Waals surface area contributed by atoms with E-state index in [1.807, 2.05) is 34.9 Å². The summed E-state index contributed by atoms with van der Waals surface area (Å²) in [4.78, 5) is 22.0. The number of nitrogens with zero attached hydrogens (tertiary/aromatic N) is 6. The SMILES string of the molecule is COCCN1CCOc2cc3c(cc21)C(=O)N(c1cccc(-c2nncn2C(C)C)n1)C3. The third-order valence-electron chi connectivity index (χ3n) is 5.88. The molecular formula is C23H26N6O3. The molecule has 1 aromatic carbocycles. The minimum atomic E-state index is -0.0601. The first-order chi connectivity index (χ1) is 15.6. The summed E-state index contributed by atoms with van der Waals surface area (Å²) in [6, 6.07) is 9.77. The Morgan fingerprint density at radius 2 is 2.12 bits per heavy atom. The summed E-state index contributed by atoms with van der Waals surface area (Å²) in [6.07, 6.45) is 1.70. The zero-order valence-electron chi connectivity index (χ0n) is 18.5. The van der Waals surface area contributed by atoms with Crippen LogP contribution in [-0.2, 0) is 11.3 Å². The van der Waals surface area contributed by atoms with Gasteiger partial charge in [0.1, 0.15) is 30.2 Å². The van der Waals surface area contributed by atoms with Crippen molar-refractivity contribution in [2.24, 2.45) is 0 Å². The van der Waals surface area contributed by atoms with Gasteiger partial charge in [-0.15, -0.1) is 10.2 Å². The fraction of sp³-hybridized carbons (Fsp3) is 0.391. The van der Waals surface area contributed by atoms with Crippen molar-refractivity contribution in [3.05, 3.63) is 47.8 Å². The minimum Gasteiger partial charge on any atom is -0.490 e. The maximum atomic E-state index is 13.3. The highest BCUT2D eigenvalue weighted by molar-refractivity contribution is 6.10. The fourth-order valence-electron chi connectivity index (χ4n) is 4.20. The number of benzene rings is 1. The first-order valence-corrected chi connectivity index (χ1v) is 10.8. The summed E-state index contributed by atoms with van der Waals surface area (Å²) in [6.45, 7) is 7.35. The Morgan fingerprint density at radius 3 is 2.94 bits per heavy atom. The highest BCUT2D eigenvalue weighted by atomic mass is 16.5. The fourth-order valence-corrected chi connectivity index (χ4v) is 4.20. The van der Waals surface area contributed by atoms with Crippen LogP contribution in [0.25, 0.3) is 11.5 Å². The van der Waals surface area contributed by atoms with Crippen LogP contribution in [0.15, 0.2) is 36.7 Å². The van der Waals surface area contributed by atoms with Gasteiger partial charge in [-0.1, -0.05) is 6.07 Å². The quantitative estimate of drug-likeness (QED) is 0.590. The van der Waals surface area contributed by atoms with Gasteiger partial charge in [0.15, 0.2) is 5.82 Å². The number of ether oxygens (including phenoxy) is 2. The Balaban J connectivity index is 1.46. The molecule has 0 bridgehead atoms. The van der Waals surface area contributed by atoms with E-state index in [0.29, 0.717) is 42.7 Å².